The predicted molar refractivity (Wildman–Crippen MR) is 90.2 cm³/mol. The third kappa shape index (κ3) is 3.47. The number of nitrogens with one attached hydrogen (secondary N) is 1. The van der Waals surface area contributed by atoms with Gasteiger partial charge in [-0.15, -0.1) is 5.10 Å². The number of amides is 1. The van der Waals surface area contributed by atoms with Gasteiger partial charge in [0.05, 0.1) is 18.2 Å². The van der Waals surface area contributed by atoms with Gasteiger partial charge in [-0.05, 0) is 52.2 Å². The number of fused-ring (bicyclic) bond motifs is 3. The molecule has 0 aromatic carbocycles. The van der Waals surface area contributed by atoms with E-state index in [0.29, 0.717) is 23.9 Å². The maximum absolute atomic E-state index is 12.4. The van der Waals surface area contributed by atoms with Gasteiger partial charge in [0.2, 0.25) is 5.91 Å². The summed E-state index contributed by atoms with van der Waals surface area (Å²) in [6.45, 7) is 3.73. The molecule has 0 spiro atoms. The Morgan fingerprint density at radius 1 is 1.38 bits per heavy atom. The van der Waals surface area contributed by atoms with Gasteiger partial charge in [-0.25, -0.2) is 0 Å². The fourth-order valence-electron chi connectivity index (χ4n) is 4.20. The Morgan fingerprint density at radius 2 is 2.21 bits per heavy atom. The van der Waals surface area contributed by atoms with Crippen LogP contribution in [0.15, 0.2) is 6.20 Å². The third-order valence-electron chi connectivity index (χ3n) is 5.60. The van der Waals surface area contributed by atoms with Crippen LogP contribution in [0.1, 0.15) is 31.4 Å². The lowest BCUT2D eigenvalue weighted by atomic mass is 9.75. The summed E-state index contributed by atoms with van der Waals surface area (Å²) in [5.41, 5.74) is 1.01. The zero-order valence-corrected chi connectivity index (χ0v) is 14.7. The van der Waals surface area contributed by atoms with Crippen LogP contribution >= 0.6 is 0 Å². The van der Waals surface area contributed by atoms with Gasteiger partial charge in [-0.1, -0.05) is 5.21 Å². The van der Waals surface area contributed by atoms with Crippen molar-refractivity contribution in [2.24, 2.45) is 11.8 Å². The van der Waals surface area contributed by atoms with E-state index in [1.807, 2.05) is 18.8 Å². The number of piperidine rings is 3. The summed E-state index contributed by atoms with van der Waals surface area (Å²) in [6.07, 6.45) is 6.64. The Labute approximate surface area is 143 Å². The minimum Gasteiger partial charge on any atom is -0.353 e. The lowest BCUT2D eigenvalue weighted by Crippen LogP contribution is -2.58. The molecule has 1 aliphatic carbocycles. The van der Waals surface area contributed by atoms with Crippen molar-refractivity contribution >= 4 is 5.91 Å². The second kappa shape index (κ2) is 6.44. The number of carbonyl (C=O) groups is 1. The molecule has 132 valence electrons. The van der Waals surface area contributed by atoms with Gasteiger partial charge in [0, 0.05) is 31.4 Å². The Morgan fingerprint density at radius 3 is 2.88 bits per heavy atom. The standard InChI is InChI=1S/C17H28N6O/c1-21(2)8-14-9-23(20-19-14)10-15-7-12-5-6-22(15)11-16(12)17(24)18-13-3-4-13/h9,12-13,15-16H,3-8,10-11H2,1-2H3,(H,18,24)/t12?,15-,16+/m1/s1. The zero-order valence-electron chi connectivity index (χ0n) is 14.7. The molecule has 4 atom stereocenters. The summed E-state index contributed by atoms with van der Waals surface area (Å²) in [7, 11) is 4.08. The molecule has 2 unspecified atom stereocenters. The highest BCUT2D eigenvalue weighted by Gasteiger charge is 2.44. The molecule has 7 nitrogen and oxygen atoms in total. The molecule has 24 heavy (non-hydrogen) atoms. The average Bonchev–Trinajstić information content (AvgIpc) is 3.26. The summed E-state index contributed by atoms with van der Waals surface area (Å²) >= 11 is 0. The molecule has 1 aromatic heterocycles. The molecule has 1 N–H and O–H groups in total. The number of aromatic nitrogens is 3. The van der Waals surface area contributed by atoms with Crippen molar-refractivity contribution in [3.8, 4) is 0 Å². The lowest BCUT2D eigenvalue weighted by molar-refractivity contribution is -0.133. The number of carbonyl (C=O) groups excluding carboxylic acids is 1. The van der Waals surface area contributed by atoms with Gasteiger partial charge in [-0.2, -0.15) is 0 Å². The average molecular weight is 332 g/mol. The van der Waals surface area contributed by atoms with Crippen molar-refractivity contribution in [1.82, 2.24) is 30.1 Å². The van der Waals surface area contributed by atoms with Crippen molar-refractivity contribution in [1.29, 1.82) is 0 Å². The van der Waals surface area contributed by atoms with Gasteiger partial charge in [0.1, 0.15) is 0 Å². The van der Waals surface area contributed by atoms with E-state index >= 15 is 0 Å². The van der Waals surface area contributed by atoms with Crippen LogP contribution in [-0.2, 0) is 17.9 Å². The monoisotopic (exact) mass is 332 g/mol. The molecule has 1 saturated carbocycles. The first kappa shape index (κ1) is 16.0. The van der Waals surface area contributed by atoms with E-state index in [4.69, 9.17) is 0 Å². The highest BCUT2D eigenvalue weighted by Crippen LogP contribution is 2.37. The number of hydrogen-bond donors (Lipinski definition) is 1. The molecule has 7 heteroatoms. The molecule has 4 heterocycles. The van der Waals surface area contributed by atoms with Crippen LogP contribution in [0.3, 0.4) is 0 Å². The summed E-state index contributed by atoms with van der Waals surface area (Å²) in [5.74, 6) is 1.01. The van der Waals surface area contributed by atoms with Crippen molar-refractivity contribution in [3.05, 3.63) is 11.9 Å². The van der Waals surface area contributed by atoms with Crippen LogP contribution in [-0.4, -0.2) is 70.0 Å². The number of hydrogen-bond acceptors (Lipinski definition) is 5. The molecule has 1 aromatic rings. The first-order chi connectivity index (χ1) is 11.6. The van der Waals surface area contributed by atoms with Crippen molar-refractivity contribution in [2.45, 2.75) is 50.9 Å². The van der Waals surface area contributed by atoms with Crippen LogP contribution in [0.4, 0.5) is 0 Å². The Balaban J connectivity index is 1.35. The molecule has 3 aliphatic heterocycles. The SMILES string of the molecule is CN(C)Cc1cn(C[C@H]2CC3CCN2C[C@@H]3C(=O)NC2CC2)nn1. The van der Waals surface area contributed by atoms with Crippen LogP contribution in [0.5, 0.6) is 0 Å². The lowest BCUT2D eigenvalue weighted by Gasteiger charge is -2.49. The smallest absolute Gasteiger partial charge is 0.224 e. The highest BCUT2D eigenvalue weighted by atomic mass is 16.2. The summed E-state index contributed by atoms with van der Waals surface area (Å²) in [5, 5.41) is 11.7. The van der Waals surface area contributed by atoms with E-state index in [2.05, 4.69) is 31.6 Å². The summed E-state index contributed by atoms with van der Waals surface area (Å²) in [6, 6.07) is 0.955. The van der Waals surface area contributed by atoms with Crippen LogP contribution < -0.4 is 5.32 Å². The van der Waals surface area contributed by atoms with Gasteiger partial charge in [-0.3, -0.25) is 14.4 Å². The van der Waals surface area contributed by atoms with E-state index < -0.39 is 0 Å². The molecule has 4 aliphatic rings. The van der Waals surface area contributed by atoms with E-state index in [-0.39, 0.29) is 5.92 Å². The molecule has 1 amide bonds. The predicted octanol–water partition coefficient (Wildman–Crippen LogP) is 0.329. The fraction of sp³-hybridized carbons (Fsp3) is 0.824. The van der Waals surface area contributed by atoms with E-state index in [1.54, 1.807) is 0 Å². The largest absolute Gasteiger partial charge is 0.353 e. The second-order valence-corrected chi connectivity index (χ2v) is 7.99. The molecule has 5 rings (SSSR count). The Bertz CT molecular complexity index is 596. The van der Waals surface area contributed by atoms with Crippen molar-refractivity contribution in [2.75, 3.05) is 27.2 Å². The van der Waals surface area contributed by atoms with Crippen LogP contribution in [0.2, 0.25) is 0 Å². The summed E-state index contributed by atoms with van der Waals surface area (Å²) in [4.78, 5) is 17.0. The Kier molecular flexibility index (Phi) is 4.30. The molecular formula is C17H28N6O. The maximum atomic E-state index is 12.4. The Hall–Kier alpha value is -1.47. The van der Waals surface area contributed by atoms with E-state index in [0.717, 1.165) is 57.6 Å². The molecular weight excluding hydrogens is 304 g/mol. The fourth-order valence-corrected chi connectivity index (χ4v) is 4.20. The van der Waals surface area contributed by atoms with E-state index in [9.17, 15) is 4.79 Å². The van der Waals surface area contributed by atoms with Gasteiger partial charge < -0.3 is 10.2 Å². The summed E-state index contributed by atoms with van der Waals surface area (Å²) < 4.78 is 1.98. The normalized spacial score (nSPS) is 32.3. The van der Waals surface area contributed by atoms with Gasteiger partial charge >= 0.3 is 0 Å². The molecule has 3 saturated heterocycles. The quantitative estimate of drug-likeness (QED) is 0.813. The third-order valence-corrected chi connectivity index (χ3v) is 5.60. The first-order valence-electron chi connectivity index (χ1n) is 9.16. The molecule has 0 radical (unpaired) electrons. The minimum atomic E-state index is 0.190. The molecule has 2 bridgehead atoms. The second-order valence-electron chi connectivity index (χ2n) is 7.99. The molecule has 4 fully saturated rings. The van der Waals surface area contributed by atoms with E-state index in [1.165, 1.54) is 0 Å². The topological polar surface area (TPSA) is 66.3 Å². The minimum absolute atomic E-state index is 0.190. The number of rotatable bonds is 6. The van der Waals surface area contributed by atoms with Crippen LogP contribution in [0, 0.1) is 11.8 Å². The maximum Gasteiger partial charge on any atom is 0.224 e. The van der Waals surface area contributed by atoms with Gasteiger partial charge in [0.15, 0.2) is 0 Å². The zero-order chi connectivity index (χ0) is 16.7. The highest BCUT2D eigenvalue weighted by molar-refractivity contribution is 5.80. The van der Waals surface area contributed by atoms with Gasteiger partial charge in [0.25, 0.3) is 0 Å². The van der Waals surface area contributed by atoms with Crippen molar-refractivity contribution < 1.29 is 4.79 Å². The first-order valence-corrected chi connectivity index (χ1v) is 9.16. The van der Waals surface area contributed by atoms with Crippen LogP contribution in [0.25, 0.3) is 0 Å². The van der Waals surface area contributed by atoms with Crippen molar-refractivity contribution in [3.63, 3.8) is 0 Å². The number of nitrogens with zero attached hydrogens (tertiary/aromatic N) is 5.